The van der Waals surface area contributed by atoms with Gasteiger partial charge in [0, 0.05) is 34.9 Å². The molecule has 2 aliphatic heterocycles. The maximum atomic E-state index is 13.0. The van der Waals surface area contributed by atoms with E-state index in [1.54, 1.807) is 16.4 Å². The summed E-state index contributed by atoms with van der Waals surface area (Å²) in [5.41, 5.74) is 3.52. The molecule has 7 heteroatoms. The molecule has 0 unspecified atom stereocenters. The number of halogens is 1. The van der Waals surface area contributed by atoms with Crippen LogP contribution in [0.4, 0.5) is 5.69 Å². The summed E-state index contributed by atoms with van der Waals surface area (Å²) in [6.45, 7) is 4.31. The van der Waals surface area contributed by atoms with Crippen LogP contribution < -0.4 is 4.90 Å². The van der Waals surface area contributed by atoms with Crippen LogP contribution in [-0.2, 0) is 27.8 Å². The van der Waals surface area contributed by atoms with Crippen LogP contribution in [0.2, 0.25) is 0 Å². The Morgan fingerprint density at radius 2 is 1.82 bits per heavy atom. The lowest BCUT2D eigenvalue weighted by Crippen LogP contribution is -2.48. The van der Waals surface area contributed by atoms with Crippen LogP contribution in [0.3, 0.4) is 0 Å². The molecule has 2 aliphatic rings. The van der Waals surface area contributed by atoms with Crippen LogP contribution in [0.25, 0.3) is 0 Å². The van der Waals surface area contributed by atoms with Crippen molar-refractivity contribution in [1.29, 1.82) is 0 Å². The number of fused-ring (bicyclic) bond motifs is 1. The molecule has 5 nitrogen and oxygen atoms in total. The smallest absolute Gasteiger partial charge is 0.243 e. The van der Waals surface area contributed by atoms with Gasteiger partial charge in [-0.25, -0.2) is 8.42 Å². The van der Waals surface area contributed by atoms with Gasteiger partial charge in [0.15, 0.2) is 0 Å². The molecular weight excluding hydrogens is 440 g/mol. The zero-order valence-corrected chi connectivity index (χ0v) is 18.4. The number of anilines is 1. The minimum atomic E-state index is -3.43. The second kappa shape index (κ2) is 8.14. The lowest BCUT2D eigenvalue weighted by molar-refractivity contribution is 0.0987. The van der Waals surface area contributed by atoms with Gasteiger partial charge in [-0.1, -0.05) is 35.0 Å². The lowest BCUT2D eigenvalue weighted by Gasteiger charge is -2.41. The molecule has 4 rings (SSSR count). The summed E-state index contributed by atoms with van der Waals surface area (Å²) in [5, 5.41) is 0. The van der Waals surface area contributed by atoms with Crippen LogP contribution in [-0.4, -0.2) is 38.6 Å². The summed E-state index contributed by atoms with van der Waals surface area (Å²) in [6, 6.07) is 13.8. The van der Waals surface area contributed by atoms with E-state index >= 15 is 0 Å². The number of rotatable bonds is 4. The number of hydrogen-bond donors (Lipinski definition) is 0. The minimum Gasteiger partial charge on any atom is -0.356 e. The Morgan fingerprint density at radius 1 is 1.11 bits per heavy atom. The first kappa shape index (κ1) is 19.9. The summed E-state index contributed by atoms with van der Waals surface area (Å²) in [4.78, 5) is 2.67. The Labute approximate surface area is 175 Å². The molecular formula is C21H25BrN2O3S. The van der Waals surface area contributed by atoms with Crippen molar-refractivity contribution >= 4 is 31.6 Å². The lowest BCUT2D eigenvalue weighted by atomic mass is 10.0. The van der Waals surface area contributed by atoms with Crippen molar-refractivity contribution in [2.75, 3.05) is 24.7 Å². The van der Waals surface area contributed by atoms with Crippen LogP contribution in [0, 0.1) is 0 Å². The molecule has 2 heterocycles. The largest absolute Gasteiger partial charge is 0.356 e. The van der Waals surface area contributed by atoms with Crippen molar-refractivity contribution in [1.82, 2.24) is 4.31 Å². The number of sulfonamides is 1. The number of benzene rings is 2. The Hall–Kier alpha value is -1.41. The molecule has 0 bridgehead atoms. The van der Waals surface area contributed by atoms with Crippen molar-refractivity contribution in [3.05, 3.63) is 58.1 Å². The first-order valence-corrected chi connectivity index (χ1v) is 11.9. The molecule has 0 aliphatic carbocycles. The van der Waals surface area contributed by atoms with Gasteiger partial charge in [0.05, 0.1) is 11.5 Å². The van der Waals surface area contributed by atoms with E-state index in [1.165, 1.54) is 11.3 Å². The van der Waals surface area contributed by atoms with Crippen molar-refractivity contribution in [2.24, 2.45) is 0 Å². The van der Waals surface area contributed by atoms with Gasteiger partial charge < -0.3 is 9.64 Å². The highest BCUT2D eigenvalue weighted by Gasteiger charge is 2.33. The van der Waals surface area contributed by atoms with E-state index in [0.29, 0.717) is 31.3 Å². The van der Waals surface area contributed by atoms with Crippen LogP contribution in [0.15, 0.2) is 51.8 Å². The maximum absolute atomic E-state index is 13.0. The van der Waals surface area contributed by atoms with Crippen LogP contribution in [0.1, 0.15) is 30.9 Å². The van der Waals surface area contributed by atoms with E-state index in [9.17, 15) is 8.42 Å². The van der Waals surface area contributed by atoms with Crippen molar-refractivity contribution in [3.8, 4) is 0 Å². The first-order valence-electron chi connectivity index (χ1n) is 9.71. The second-order valence-corrected chi connectivity index (χ2v) is 10.2. The molecule has 0 amide bonds. The van der Waals surface area contributed by atoms with E-state index in [-0.39, 0.29) is 6.04 Å². The predicted molar refractivity (Wildman–Crippen MR) is 114 cm³/mol. The van der Waals surface area contributed by atoms with Gasteiger partial charge in [0.2, 0.25) is 10.0 Å². The molecule has 1 fully saturated rings. The fraction of sp³-hybridized carbons (Fsp3) is 0.429. The third-order valence-electron chi connectivity index (χ3n) is 5.67. The monoisotopic (exact) mass is 464 g/mol. The van der Waals surface area contributed by atoms with Crippen molar-refractivity contribution in [3.63, 3.8) is 0 Å². The topological polar surface area (TPSA) is 49.9 Å². The summed E-state index contributed by atoms with van der Waals surface area (Å²) >= 11 is 3.52. The van der Waals surface area contributed by atoms with Gasteiger partial charge in [0.1, 0.15) is 6.73 Å². The fourth-order valence-corrected chi connectivity index (χ4v) is 5.89. The summed E-state index contributed by atoms with van der Waals surface area (Å²) in [6.07, 6.45) is 2.50. The normalized spacial score (nSPS) is 18.9. The molecule has 2 aromatic rings. The van der Waals surface area contributed by atoms with Gasteiger partial charge in [-0.15, -0.1) is 0 Å². The number of nitrogens with zero attached hydrogens (tertiary/aromatic N) is 2. The van der Waals surface area contributed by atoms with E-state index in [4.69, 9.17) is 4.74 Å². The van der Waals surface area contributed by atoms with E-state index < -0.39 is 10.0 Å². The Balaban J connectivity index is 1.46. The highest BCUT2D eigenvalue weighted by atomic mass is 79.9. The molecule has 0 N–H and O–H groups in total. The molecule has 0 spiro atoms. The highest BCUT2D eigenvalue weighted by Crippen LogP contribution is 2.33. The van der Waals surface area contributed by atoms with E-state index in [0.717, 1.165) is 29.3 Å². The number of aryl methyl sites for hydroxylation is 1. The third kappa shape index (κ3) is 3.85. The molecule has 0 radical (unpaired) electrons. The zero-order valence-electron chi connectivity index (χ0n) is 16.0. The minimum absolute atomic E-state index is 0.286. The Morgan fingerprint density at radius 3 is 2.50 bits per heavy atom. The van der Waals surface area contributed by atoms with Crippen LogP contribution >= 0.6 is 15.9 Å². The van der Waals surface area contributed by atoms with E-state index in [2.05, 4.69) is 46.0 Å². The molecule has 150 valence electrons. The first-order chi connectivity index (χ1) is 13.5. The number of hydrogen-bond acceptors (Lipinski definition) is 4. The molecule has 0 aromatic heterocycles. The zero-order chi connectivity index (χ0) is 19.7. The van der Waals surface area contributed by atoms with Gasteiger partial charge in [-0.05, 0) is 55.2 Å². The second-order valence-electron chi connectivity index (χ2n) is 7.35. The number of piperidine rings is 1. The summed E-state index contributed by atoms with van der Waals surface area (Å²) in [7, 11) is -3.43. The predicted octanol–water partition coefficient (Wildman–Crippen LogP) is 4.16. The molecule has 0 atom stereocenters. The third-order valence-corrected chi connectivity index (χ3v) is 8.08. The van der Waals surface area contributed by atoms with Crippen LogP contribution in [0.5, 0.6) is 0 Å². The molecule has 2 aromatic carbocycles. The van der Waals surface area contributed by atoms with Crippen molar-refractivity contribution in [2.45, 2.75) is 43.7 Å². The average molecular weight is 465 g/mol. The van der Waals surface area contributed by atoms with E-state index in [1.807, 2.05) is 12.1 Å². The molecule has 1 saturated heterocycles. The Bertz CT molecular complexity index is 939. The maximum Gasteiger partial charge on any atom is 0.243 e. The quantitative estimate of drug-likeness (QED) is 0.681. The SMILES string of the molecule is CCc1ccc(S(=O)(=O)N2CCC(N3COCc4cc(Br)ccc43)CC2)cc1. The summed E-state index contributed by atoms with van der Waals surface area (Å²) in [5.74, 6) is 0. The highest BCUT2D eigenvalue weighted by molar-refractivity contribution is 9.10. The number of ether oxygens (including phenoxy) is 1. The fourth-order valence-electron chi connectivity index (χ4n) is 4.02. The Kier molecular flexibility index (Phi) is 5.78. The standard InChI is InChI=1S/C21H25BrN2O3S/c1-2-16-3-6-20(7-4-16)28(25,26)23-11-9-19(10-12-23)24-15-27-14-17-13-18(22)5-8-21(17)24/h3-8,13,19H,2,9-12,14-15H2,1H3. The van der Waals surface area contributed by atoms with Crippen molar-refractivity contribution < 1.29 is 13.2 Å². The molecule has 0 saturated carbocycles. The van der Waals surface area contributed by atoms with Gasteiger partial charge in [-0.3, -0.25) is 0 Å². The van der Waals surface area contributed by atoms with Gasteiger partial charge >= 0.3 is 0 Å². The molecule has 28 heavy (non-hydrogen) atoms. The average Bonchev–Trinajstić information content (AvgIpc) is 2.73. The summed E-state index contributed by atoms with van der Waals surface area (Å²) < 4.78 is 34.4. The van der Waals surface area contributed by atoms with Gasteiger partial charge in [0.25, 0.3) is 0 Å². The van der Waals surface area contributed by atoms with Gasteiger partial charge in [-0.2, -0.15) is 4.31 Å².